The minimum atomic E-state index is -1.11. The Morgan fingerprint density at radius 2 is 1.77 bits per heavy atom. The topological polar surface area (TPSA) is 109 Å². The lowest BCUT2D eigenvalue weighted by Gasteiger charge is -2.17. The number of thiazole rings is 1. The standard InChI is InChI=1S/C26H25N3O5S/c1-3-12-29(14-23(30)31)25(32)24-16(2)28-22(35-24)13-27-26(33)34-15-21-19-10-6-4-8-17(19)18-9-5-7-11-20(18)21/h3-11,21H,1,12-15H2,2H3,(H,27,33)(H,30,31). The molecule has 180 valence electrons. The van der Waals surface area contributed by atoms with E-state index in [1.807, 2.05) is 24.3 Å². The van der Waals surface area contributed by atoms with E-state index in [0.29, 0.717) is 15.6 Å². The number of alkyl carbamates (subject to hydrolysis) is 1. The number of carboxylic acid groups (broad SMARTS) is 1. The molecule has 0 aliphatic heterocycles. The number of nitrogens with zero attached hydrogens (tertiary/aromatic N) is 2. The Bertz CT molecular complexity index is 1240. The summed E-state index contributed by atoms with van der Waals surface area (Å²) in [5, 5.41) is 12.3. The van der Waals surface area contributed by atoms with Gasteiger partial charge in [0.25, 0.3) is 5.91 Å². The summed E-state index contributed by atoms with van der Waals surface area (Å²) in [6.07, 6.45) is 0.892. The van der Waals surface area contributed by atoms with Gasteiger partial charge in [-0.25, -0.2) is 9.78 Å². The summed E-state index contributed by atoms with van der Waals surface area (Å²) in [7, 11) is 0. The molecule has 0 fully saturated rings. The maximum atomic E-state index is 12.8. The van der Waals surface area contributed by atoms with Crippen LogP contribution in [0.5, 0.6) is 0 Å². The van der Waals surface area contributed by atoms with Gasteiger partial charge in [0.1, 0.15) is 23.0 Å². The van der Waals surface area contributed by atoms with Gasteiger partial charge in [0.15, 0.2) is 0 Å². The third-order valence-corrected chi connectivity index (χ3v) is 6.87. The second-order valence-corrected chi connectivity index (χ2v) is 9.15. The van der Waals surface area contributed by atoms with Crippen molar-refractivity contribution in [2.45, 2.75) is 19.4 Å². The SMILES string of the molecule is C=CCN(CC(=O)O)C(=O)c1sc(CNC(=O)OCC2c3ccccc3-c3ccccc32)nc1C. The molecule has 2 aromatic carbocycles. The summed E-state index contributed by atoms with van der Waals surface area (Å²) in [4.78, 5) is 42.1. The van der Waals surface area contributed by atoms with Crippen molar-refractivity contribution in [1.82, 2.24) is 15.2 Å². The molecule has 2 amide bonds. The summed E-state index contributed by atoms with van der Waals surface area (Å²) in [6.45, 7) is 5.21. The zero-order valence-corrected chi connectivity index (χ0v) is 20.0. The average Bonchev–Trinajstić information content (AvgIpc) is 3.38. The first-order valence-corrected chi connectivity index (χ1v) is 11.9. The van der Waals surface area contributed by atoms with Crippen LogP contribution in [-0.2, 0) is 16.1 Å². The van der Waals surface area contributed by atoms with E-state index >= 15 is 0 Å². The minimum Gasteiger partial charge on any atom is -0.480 e. The molecular formula is C26H25N3O5S. The van der Waals surface area contributed by atoms with E-state index in [4.69, 9.17) is 9.84 Å². The van der Waals surface area contributed by atoms with Gasteiger partial charge in [-0.05, 0) is 29.2 Å². The Morgan fingerprint density at radius 3 is 2.37 bits per heavy atom. The number of fused-ring (bicyclic) bond motifs is 3. The van der Waals surface area contributed by atoms with Crippen LogP contribution >= 0.6 is 11.3 Å². The fourth-order valence-corrected chi connectivity index (χ4v) is 5.18. The van der Waals surface area contributed by atoms with E-state index in [1.165, 1.54) is 11.0 Å². The summed E-state index contributed by atoms with van der Waals surface area (Å²) in [6, 6.07) is 16.2. The lowest BCUT2D eigenvalue weighted by atomic mass is 9.98. The molecule has 9 heteroatoms. The Balaban J connectivity index is 1.36. The normalized spacial score (nSPS) is 11.9. The largest absolute Gasteiger partial charge is 0.480 e. The van der Waals surface area contributed by atoms with Crippen molar-refractivity contribution in [1.29, 1.82) is 0 Å². The average molecular weight is 492 g/mol. The van der Waals surface area contributed by atoms with E-state index in [-0.39, 0.29) is 25.6 Å². The van der Waals surface area contributed by atoms with Crippen molar-refractivity contribution < 1.29 is 24.2 Å². The number of aryl methyl sites for hydroxylation is 1. The zero-order chi connectivity index (χ0) is 24.9. The second-order valence-electron chi connectivity index (χ2n) is 8.07. The van der Waals surface area contributed by atoms with Crippen LogP contribution in [0.4, 0.5) is 4.79 Å². The molecule has 2 N–H and O–H groups in total. The molecule has 0 atom stereocenters. The van der Waals surface area contributed by atoms with Gasteiger partial charge in [-0.2, -0.15) is 0 Å². The molecule has 0 spiro atoms. The van der Waals surface area contributed by atoms with Gasteiger partial charge < -0.3 is 20.1 Å². The highest BCUT2D eigenvalue weighted by Gasteiger charge is 2.29. The zero-order valence-electron chi connectivity index (χ0n) is 19.2. The Labute approximate surface area is 206 Å². The number of carbonyl (C=O) groups is 3. The number of hydrogen-bond donors (Lipinski definition) is 2. The molecule has 1 aromatic heterocycles. The Morgan fingerprint density at radius 1 is 1.14 bits per heavy atom. The van der Waals surface area contributed by atoms with Crippen LogP contribution in [0.2, 0.25) is 0 Å². The lowest BCUT2D eigenvalue weighted by Crippen LogP contribution is -2.35. The monoisotopic (exact) mass is 491 g/mol. The summed E-state index contributed by atoms with van der Waals surface area (Å²) in [5.41, 5.74) is 5.04. The van der Waals surface area contributed by atoms with Crippen LogP contribution in [0.3, 0.4) is 0 Å². The molecule has 4 rings (SSSR count). The molecular weight excluding hydrogens is 466 g/mol. The van der Waals surface area contributed by atoms with Crippen LogP contribution in [0, 0.1) is 6.92 Å². The molecule has 0 saturated heterocycles. The molecule has 3 aromatic rings. The minimum absolute atomic E-state index is 0.0374. The molecule has 1 heterocycles. The first kappa shape index (κ1) is 24.2. The molecule has 0 unspecified atom stereocenters. The summed E-state index contributed by atoms with van der Waals surface area (Å²) < 4.78 is 5.54. The lowest BCUT2D eigenvalue weighted by molar-refractivity contribution is -0.137. The van der Waals surface area contributed by atoms with Crippen molar-refractivity contribution in [3.05, 3.63) is 87.9 Å². The van der Waals surface area contributed by atoms with E-state index in [1.54, 1.807) is 6.92 Å². The predicted molar refractivity (Wildman–Crippen MR) is 132 cm³/mol. The number of hydrogen-bond acceptors (Lipinski definition) is 6. The fraction of sp³-hybridized carbons (Fsp3) is 0.231. The van der Waals surface area contributed by atoms with Gasteiger partial charge in [-0.15, -0.1) is 17.9 Å². The first-order chi connectivity index (χ1) is 16.9. The summed E-state index contributed by atoms with van der Waals surface area (Å²) >= 11 is 1.12. The number of nitrogens with one attached hydrogen (secondary N) is 1. The van der Waals surface area contributed by atoms with Crippen LogP contribution < -0.4 is 5.32 Å². The van der Waals surface area contributed by atoms with E-state index in [0.717, 1.165) is 33.6 Å². The number of carbonyl (C=O) groups excluding carboxylic acids is 2. The maximum absolute atomic E-state index is 12.8. The smallest absolute Gasteiger partial charge is 0.407 e. The Kier molecular flexibility index (Phi) is 7.26. The van der Waals surface area contributed by atoms with Crippen LogP contribution in [0.15, 0.2) is 61.2 Å². The first-order valence-electron chi connectivity index (χ1n) is 11.1. The van der Waals surface area contributed by atoms with Gasteiger partial charge in [-0.1, -0.05) is 54.6 Å². The van der Waals surface area contributed by atoms with Crippen molar-refractivity contribution >= 4 is 29.3 Å². The predicted octanol–water partition coefficient (Wildman–Crippen LogP) is 4.20. The number of benzene rings is 2. The van der Waals surface area contributed by atoms with Gasteiger partial charge in [0.2, 0.25) is 0 Å². The number of aromatic nitrogens is 1. The van der Waals surface area contributed by atoms with Crippen LogP contribution in [-0.4, -0.2) is 52.7 Å². The molecule has 1 aliphatic rings. The molecule has 8 nitrogen and oxygen atoms in total. The molecule has 0 bridgehead atoms. The second kappa shape index (κ2) is 10.5. The summed E-state index contributed by atoms with van der Waals surface area (Å²) in [5.74, 6) is -1.58. The number of amides is 2. The van der Waals surface area contributed by atoms with Crippen molar-refractivity contribution in [2.24, 2.45) is 0 Å². The highest BCUT2D eigenvalue weighted by Crippen LogP contribution is 2.44. The number of rotatable bonds is 9. The third kappa shape index (κ3) is 5.25. The fourth-order valence-electron chi connectivity index (χ4n) is 4.21. The van der Waals surface area contributed by atoms with Crippen molar-refractivity contribution in [2.75, 3.05) is 19.7 Å². The van der Waals surface area contributed by atoms with Crippen molar-refractivity contribution in [3.8, 4) is 11.1 Å². The van der Waals surface area contributed by atoms with Gasteiger partial charge in [0, 0.05) is 12.5 Å². The van der Waals surface area contributed by atoms with E-state index in [2.05, 4.69) is 41.1 Å². The van der Waals surface area contributed by atoms with E-state index in [9.17, 15) is 14.4 Å². The number of ether oxygens (including phenoxy) is 1. The molecule has 35 heavy (non-hydrogen) atoms. The molecule has 1 aliphatic carbocycles. The van der Waals surface area contributed by atoms with E-state index < -0.39 is 24.5 Å². The highest BCUT2D eigenvalue weighted by molar-refractivity contribution is 7.13. The van der Waals surface area contributed by atoms with Gasteiger partial charge in [0.05, 0.1) is 12.2 Å². The van der Waals surface area contributed by atoms with Gasteiger partial charge in [-0.3, -0.25) is 9.59 Å². The van der Waals surface area contributed by atoms with Crippen LogP contribution in [0.25, 0.3) is 11.1 Å². The highest BCUT2D eigenvalue weighted by atomic mass is 32.1. The third-order valence-electron chi connectivity index (χ3n) is 5.73. The Hall–Kier alpha value is -3.98. The van der Waals surface area contributed by atoms with Crippen LogP contribution in [0.1, 0.15) is 37.4 Å². The number of carboxylic acids is 1. The van der Waals surface area contributed by atoms with Crippen molar-refractivity contribution in [3.63, 3.8) is 0 Å². The van der Waals surface area contributed by atoms with Gasteiger partial charge >= 0.3 is 12.1 Å². The molecule has 0 saturated carbocycles. The quantitative estimate of drug-likeness (QED) is 0.434. The molecule has 0 radical (unpaired) electrons. The maximum Gasteiger partial charge on any atom is 0.407 e. The number of aliphatic carboxylic acids is 1.